The van der Waals surface area contributed by atoms with Crippen LogP contribution in [0.4, 0.5) is 16.2 Å². The van der Waals surface area contributed by atoms with Crippen molar-refractivity contribution in [2.24, 2.45) is 5.41 Å². The lowest BCUT2D eigenvalue weighted by atomic mass is 9.91. The van der Waals surface area contributed by atoms with Gasteiger partial charge in [-0.25, -0.2) is 4.79 Å². The molecule has 1 atom stereocenters. The first-order chi connectivity index (χ1) is 13.3. The minimum absolute atomic E-state index is 0.0615. The summed E-state index contributed by atoms with van der Waals surface area (Å²) in [6.45, 7) is 14.8. The van der Waals surface area contributed by atoms with Crippen molar-refractivity contribution in [2.45, 2.75) is 79.9 Å². The van der Waals surface area contributed by atoms with Crippen LogP contribution >= 0.6 is 0 Å². The van der Waals surface area contributed by atoms with Gasteiger partial charge in [0.2, 0.25) is 5.91 Å². The molecule has 1 aromatic carbocycles. The van der Waals surface area contributed by atoms with Gasteiger partial charge in [0, 0.05) is 50.5 Å². The molecule has 0 bridgehead atoms. The van der Waals surface area contributed by atoms with Crippen LogP contribution in [0.2, 0.25) is 0 Å². The van der Waals surface area contributed by atoms with Crippen molar-refractivity contribution < 1.29 is 9.59 Å². The summed E-state index contributed by atoms with van der Waals surface area (Å²) in [6, 6.07) is 5.82. The summed E-state index contributed by atoms with van der Waals surface area (Å²) in [5.74, 6) is 0.160. The van der Waals surface area contributed by atoms with Gasteiger partial charge in [-0.3, -0.25) is 4.79 Å². The molecule has 0 saturated heterocycles. The second kappa shape index (κ2) is 10.5. The Morgan fingerprint density at radius 1 is 1.10 bits per heavy atom. The maximum absolute atomic E-state index is 13.1. The van der Waals surface area contributed by atoms with Crippen molar-refractivity contribution in [2.75, 3.05) is 24.3 Å². The zero-order chi connectivity index (χ0) is 22.4. The minimum atomic E-state index is -0.230. The molecule has 0 fully saturated rings. The first-order valence-corrected chi connectivity index (χ1v) is 10.5. The van der Waals surface area contributed by atoms with Gasteiger partial charge in [-0.05, 0) is 56.4 Å². The SMILES string of the molecule is CC[C@H](C)N(Cc1cc(NC(=O)NC(C)C)ccc1N(C)C)C(=O)CC(C)(C)C. The number of benzene rings is 1. The van der Waals surface area contributed by atoms with Crippen molar-refractivity contribution in [3.8, 4) is 0 Å². The summed E-state index contributed by atoms with van der Waals surface area (Å²) in [7, 11) is 3.98. The van der Waals surface area contributed by atoms with Crippen LogP contribution in [0.3, 0.4) is 0 Å². The molecule has 6 nitrogen and oxygen atoms in total. The van der Waals surface area contributed by atoms with Gasteiger partial charge in [-0.1, -0.05) is 27.7 Å². The summed E-state index contributed by atoms with van der Waals surface area (Å²) >= 11 is 0. The fraction of sp³-hybridized carbons (Fsp3) is 0.652. The zero-order valence-electron chi connectivity index (χ0n) is 19.7. The van der Waals surface area contributed by atoms with Gasteiger partial charge in [-0.15, -0.1) is 0 Å². The number of amides is 3. The summed E-state index contributed by atoms with van der Waals surface area (Å²) in [6.07, 6.45) is 1.39. The first-order valence-electron chi connectivity index (χ1n) is 10.5. The largest absolute Gasteiger partial charge is 0.377 e. The van der Waals surface area contributed by atoms with Crippen LogP contribution in [0.1, 0.15) is 66.9 Å². The maximum atomic E-state index is 13.1. The Bertz CT molecular complexity index is 693. The van der Waals surface area contributed by atoms with E-state index in [-0.39, 0.29) is 29.4 Å². The lowest BCUT2D eigenvalue weighted by Crippen LogP contribution is -2.39. The van der Waals surface area contributed by atoms with Crippen molar-refractivity contribution in [3.63, 3.8) is 0 Å². The average Bonchev–Trinajstić information content (AvgIpc) is 2.56. The van der Waals surface area contributed by atoms with Crippen molar-refractivity contribution in [3.05, 3.63) is 23.8 Å². The molecular formula is C23H40N4O2. The third-order valence-electron chi connectivity index (χ3n) is 4.70. The summed E-state index contributed by atoms with van der Waals surface area (Å²) in [4.78, 5) is 29.2. The number of anilines is 2. The van der Waals surface area contributed by atoms with Crippen molar-refractivity contribution >= 4 is 23.3 Å². The molecule has 0 heterocycles. The van der Waals surface area contributed by atoms with Crippen LogP contribution in [-0.4, -0.2) is 43.0 Å². The molecule has 2 N–H and O–H groups in total. The Morgan fingerprint density at radius 2 is 1.72 bits per heavy atom. The number of hydrogen-bond donors (Lipinski definition) is 2. The van der Waals surface area contributed by atoms with Gasteiger partial charge in [-0.2, -0.15) is 0 Å². The average molecular weight is 405 g/mol. The third-order valence-corrected chi connectivity index (χ3v) is 4.70. The van der Waals surface area contributed by atoms with Crippen LogP contribution in [-0.2, 0) is 11.3 Å². The smallest absolute Gasteiger partial charge is 0.319 e. The Balaban J connectivity index is 3.19. The van der Waals surface area contributed by atoms with E-state index in [1.165, 1.54) is 0 Å². The highest BCUT2D eigenvalue weighted by molar-refractivity contribution is 5.90. The van der Waals surface area contributed by atoms with E-state index in [1.54, 1.807) is 0 Å². The van der Waals surface area contributed by atoms with Crippen LogP contribution in [0.15, 0.2) is 18.2 Å². The molecule has 3 amide bonds. The van der Waals surface area contributed by atoms with E-state index in [0.717, 1.165) is 23.4 Å². The van der Waals surface area contributed by atoms with Gasteiger partial charge >= 0.3 is 6.03 Å². The van der Waals surface area contributed by atoms with Gasteiger partial charge in [0.25, 0.3) is 0 Å². The zero-order valence-corrected chi connectivity index (χ0v) is 19.7. The molecule has 0 saturated carbocycles. The number of nitrogens with zero attached hydrogens (tertiary/aromatic N) is 2. The number of urea groups is 1. The number of nitrogens with one attached hydrogen (secondary N) is 2. The van der Waals surface area contributed by atoms with Crippen LogP contribution < -0.4 is 15.5 Å². The number of rotatable bonds is 8. The topological polar surface area (TPSA) is 64.7 Å². The number of carbonyl (C=O) groups excluding carboxylic acids is 2. The van der Waals surface area contributed by atoms with E-state index >= 15 is 0 Å². The maximum Gasteiger partial charge on any atom is 0.319 e. The lowest BCUT2D eigenvalue weighted by Gasteiger charge is -2.33. The van der Waals surface area contributed by atoms with Crippen LogP contribution in [0, 0.1) is 5.41 Å². The van der Waals surface area contributed by atoms with Gasteiger partial charge in [0.15, 0.2) is 0 Å². The molecule has 164 valence electrons. The molecule has 0 aromatic heterocycles. The molecule has 29 heavy (non-hydrogen) atoms. The van der Waals surface area contributed by atoms with E-state index in [9.17, 15) is 9.59 Å². The Labute approximate surface area is 177 Å². The summed E-state index contributed by atoms with van der Waals surface area (Å²) in [5.41, 5.74) is 2.71. The first kappa shape index (κ1) is 24.8. The third kappa shape index (κ3) is 8.34. The highest BCUT2D eigenvalue weighted by Gasteiger charge is 2.25. The molecule has 0 spiro atoms. The quantitative estimate of drug-likeness (QED) is 0.651. The Morgan fingerprint density at radius 3 is 2.21 bits per heavy atom. The second-order valence-electron chi connectivity index (χ2n) is 9.51. The second-order valence-corrected chi connectivity index (χ2v) is 9.51. The predicted molar refractivity (Wildman–Crippen MR) is 122 cm³/mol. The Hall–Kier alpha value is -2.24. The van der Waals surface area contributed by atoms with E-state index in [0.29, 0.717) is 13.0 Å². The molecule has 1 aromatic rings. The van der Waals surface area contributed by atoms with E-state index < -0.39 is 0 Å². The Kier molecular flexibility index (Phi) is 8.99. The molecule has 0 aliphatic heterocycles. The summed E-state index contributed by atoms with van der Waals surface area (Å²) in [5, 5.41) is 5.73. The number of hydrogen-bond acceptors (Lipinski definition) is 3. The van der Waals surface area contributed by atoms with E-state index in [2.05, 4.69) is 45.3 Å². The molecule has 0 radical (unpaired) electrons. The number of carbonyl (C=O) groups is 2. The van der Waals surface area contributed by atoms with E-state index in [4.69, 9.17) is 0 Å². The molecule has 6 heteroatoms. The standard InChI is InChI=1S/C23H40N4O2/c1-10-17(4)27(21(28)14-23(5,6)7)15-18-13-19(11-12-20(18)26(8)9)25-22(29)24-16(2)3/h11-13,16-17H,10,14-15H2,1-9H3,(H2,24,25,29)/t17-/m0/s1. The molecule has 0 aliphatic carbocycles. The molecule has 0 aliphatic rings. The van der Waals surface area contributed by atoms with Crippen LogP contribution in [0.5, 0.6) is 0 Å². The fourth-order valence-corrected chi connectivity index (χ4v) is 3.10. The minimum Gasteiger partial charge on any atom is -0.377 e. The highest BCUT2D eigenvalue weighted by atomic mass is 16.2. The van der Waals surface area contributed by atoms with Crippen molar-refractivity contribution in [1.29, 1.82) is 0 Å². The van der Waals surface area contributed by atoms with Gasteiger partial charge < -0.3 is 20.4 Å². The monoisotopic (exact) mass is 404 g/mol. The van der Waals surface area contributed by atoms with Gasteiger partial charge in [0.1, 0.15) is 0 Å². The molecular weight excluding hydrogens is 364 g/mol. The molecule has 1 rings (SSSR count). The molecule has 0 unspecified atom stereocenters. The van der Waals surface area contributed by atoms with Gasteiger partial charge in [0.05, 0.1) is 0 Å². The van der Waals surface area contributed by atoms with Crippen LogP contribution in [0.25, 0.3) is 0 Å². The fourth-order valence-electron chi connectivity index (χ4n) is 3.10. The lowest BCUT2D eigenvalue weighted by molar-refractivity contribution is -0.135. The summed E-state index contributed by atoms with van der Waals surface area (Å²) < 4.78 is 0. The normalized spacial score (nSPS) is 12.5. The highest BCUT2D eigenvalue weighted by Crippen LogP contribution is 2.27. The van der Waals surface area contributed by atoms with E-state index in [1.807, 2.05) is 55.9 Å². The predicted octanol–water partition coefficient (Wildman–Crippen LogP) is 4.85. The van der Waals surface area contributed by atoms with Crippen molar-refractivity contribution in [1.82, 2.24) is 10.2 Å².